The number of pyridine rings is 1. The van der Waals surface area contributed by atoms with Crippen molar-refractivity contribution in [3.05, 3.63) is 58.7 Å². The first-order valence-electron chi connectivity index (χ1n) is 8.16. The Kier molecular flexibility index (Phi) is 5.35. The van der Waals surface area contributed by atoms with Crippen molar-refractivity contribution < 1.29 is 0 Å². The summed E-state index contributed by atoms with van der Waals surface area (Å²) in [5.41, 5.74) is 1.96. The first-order chi connectivity index (χ1) is 12.0. The average molecular weight is 354 g/mol. The van der Waals surface area contributed by atoms with Gasteiger partial charge < -0.3 is 5.32 Å². The van der Waals surface area contributed by atoms with Crippen molar-refractivity contribution in [3.63, 3.8) is 0 Å². The number of nitrogens with one attached hydrogen (secondary N) is 1. The highest BCUT2D eigenvalue weighted by Crippen LogP contribution is 2.23. The average Bonchev–Trinajstić information content (AvgIpc) is 2.99. The van der Waals surface area contributed by atoms with E-state index in [1.807, 2.05) is 50.5 Å². The Balaban J connectivity index is 1.76. The minimum Gasteiger partial charge on any atom is -0.316 e. The zero-order valence-electron chi connectivity index (χ0n) is 14.9. The first kappa shape index (κ1) is 17.4. The van der Waals surface area contributed by atoms with E-state index in [0.29, 0.717) is 0 Å². The van der Waals surface area contributed by atoms with Gasteiger partial charge in [-0.15, -0.1) is 11.3 Å². The second-order valence-corrected chi connectivity index (χ2v) is 7.30. The highest BCUT2D eigenvalue weighted by atomic mass is 32.1. The van der Waals surface area contributed by atoms with Gasteiger partial charge in [-0.05, 0) is 40.0 Å². The smallest absolute Gasteiger partial charge is 0.188 e. The molecule has 0 saturated carbocycles. The zero-order chi connectivity index (χ0) is 17.8. The molecule has 0 fully saturated rings. The van der Waals surface area contributed by atoms with Crippen molar-refractivity contribution in [2.24, 2.45) is 0 Å². The summed E-state index contributed by atoms with van der Waals surface area (Å²) in [6, 6.07) is 7.96. The molecule has 3 heterocycles. The van der Waals surface area contributed by atoms with Crippen molar-refractivity contribution in [3.8, 4) is 0 Å². The molecule has 3 aromatic heterocycles. The number of hydrogen-bond acceptors (Lipinski definition) is 7. The molecule has 0 bridgehead atoms. The summed E-state index contributed by atoms with van der Waals surface area (Å²) in [5.74, 6) is 1.56. The van der Waals surface area contributed by atoms with Crippen molar-refractivity contribution in [2.75, 3.05) is 12.4 Å². The number of nitrogens with zero attached hydrogens (tertiary/aromatic N) is 5. The van der Waals surface area contributed by atoms with Crippen LogP contribution >= 0.6 is 11.3 Å². The van der Waals surface area contributed by atoms with E-state index < -0.39 is 0 Å². The largest absolute Gasteiger partial charge is 0.316 e. The molecule has 7 heteroatoms. The monoisotopic (exact) mass is 354 g/mol. The lowest BCUT2D eigenvalue weighted by Crippen LogP contribution is -2.24. The van der Waals surface area contributed by atoms with Gasteiger partial charge in [-0.1, -0.05) is 6.07 Å². The van der Waals surface area contributed by atoms with Gasteiger partial charge in [0.2, 0.25) is 0 Å². The molecule has 0 unspecified atom stereocenters. The minimum atomic E-state index is 0.0699. The van der Waals surface area contributed by atoms with Crippen LogP contribution in [0.4, 0.5) is 10.9 Å². The molecule has 0 aromatic carbocycles. The second-order valence-electron chi connectivity index (χ2n) is 6.07. The fourth-order valence-electron chi connectivity index (χ4n) is 2.45. The molecule has 1 N–H and O–H groups in total. The molecule has 3 rings (SSSR count). The third-order valence-electron chi connectivity index (χ3n) is 3.90. The van der Waals surface area contributed by atoms with E-state index in [1.165, 1.54) is 0 Å². The Bertz CT molecular complexity index is 833. The number of aromatic nitrogens is 4. The van der Waals surface area contributed by atoms with E-state index >= 15 is 0 Å². The lowest BCUT2D eigenvalue weighted by atomic mass is 10.2. The van der Waals surface area contributed by atoms with E-state index in [9.17, 15) is 0 Å². The molecule has 3 aromatic rings. The third-order valence-corrected chi connectivity index (χ3v) is 4.73. The Morgan fingerprint density at radius 3 is 2.72 bits per heavy atom. The van der Waals surface area contributed by atoms with Crippen LogP contribution in [-0.2, 0) is 6.54 Å². The molecule has 0 aliphatic rings. The van der Waals surface area contributed by atoms with Gasteiger partial charge in [0.1, 0.15) is 11.6 Å². The molecule has 0 spiro atoms. The minimum absolute atomic E-state index is 0.0699. The molecule has 0 radical (unpaired) electrons. The van der Waals surface area contributed by atoms with Crippen molar-refractivity contribution in [1.29, 1.82) is 0 Å². The molecule has 6 nitrogen and oxygen atoms in total. The first-order valence-corrected chi connectivity index (χ1v) is 8.98. The fraction of sp³-hybridized carbons (Fsp3) is 0.333. The fourth-order valence-corrected chi connectivity index (χ4v) is 3.12. The van der Waals surface area contributed by atoms with E-state index in [2.05, 4.69) is 44.1 Å². The second kappa shape index (κ2) is 7.67. The van der Waals surface area contributed by atoms with Crippen LogP contribution in [0.2, 0.25) is 0 Å². The van der Waals surface area contributed by atoms with Crippen LogP contribution in [-0.4, -0.2) is 31.9 Å². The van der Waals surface area contributed by atoms with E-state index in [1.54, 1.807) is 11.3 Å². The molecule has 1 atom stereocenters. The van der Waals surface area contributed by atoms with Crippen LogP contribution in [0.15, 0.2) is 36.7 Å². The van der Waals surface area contributed by atoms with Gasteiger partial charge in [0, 0.05) is 35.6 Å². The highest BCUT2D eigenvalue weighted by molar-refractivity contribution is 7.15. The van der Waals surface area contributed by atoms with Gasteiger partial charge in [0.15, 0.2) is 5.13 Å². The number of anilines is 2. The standard InChI is InChI=1S/C18H22N6S/c1-12-9-16(23-18-20-10-13(2)25-18)22-17(21-12)14(3)24(4)11-15-7-5-6-8-19-15/h5-10,14H,11H2,1-4H3,(H,20,21,22,23)/t14-/m1/s1. The van der Waals surface area contributed by atoms with Crippen LogP contribution in [0, 0.1) is 13.8 Å². The molecule has 0 aliphatic carbocycles. The topological polar surface area (TPSA) is 66.8 Å². The maximum atomic E-state index is 4.68. The van der Waals surface area contributed by atoms with Gasteiger partial charge >= 0.3 is 0 Å². The predicted octanol–water partition coefficient (Wildman–Crippen LogP) is 3.88. The zero-order valence-corrected chi connectivity index (χ0v) is 15.7. The van der Waals surface area contributed by atoms with Crippen LogP contribution < -0.4 is 5.32 Å². The Hall–Kier alpha value is -2.38. The third kappa shape index (κ3) is 4.58. The maximum Gasteiger partial charge on any atom is 0.188 e. The van der Waals surface area contributed by atoms with E-state index in [0.717, 1.165) is 39.6 Å². The highest BCUT2D eigenvalue weighted by Gasteiger charge is 2.17. The number of aryl methyl sites for hydroxylation is 2. The number of thiazole rings is 1. The lowest BCUT2D eigenvalue weighted by Gasteiger charge is -2.23. The summed E-state index contributed by atoms with van der Waals surface area (Å²) in [6.45, 7) is 6.87. The molecule has 25 heavy (non-hydrogen) atoms. The van der Waals surface area contributed by atoms with Crippen LogP contribution in [0.5, 0.6) is 0 Å². The quantitative estimate of drug-likeness (QED) is 0.724. The van der Waals surface area contributed by atoms with Gasteiger partial charge in [0.25, 0.3) is 0 Å². The van der Waals surface area contributed by atoms with Crippen molar-refractivity contribution >= 4 is 22.3 Å². The summed E-state index contributed by atoms with van der Waals surface area (Å²) < 4.78 is 0. The van der Waals surface area contributed by atoms with Crippen molar-refractivity contribution in [1.82, 2.24) is 24.8 Å². The van der Waals surface area contributed by atoms with Crippen LogP contribution in [0.3, 0.4) is 0 Å². The van der Waals surface area contributed by atoms with Crippen LogP contribution in [0.25, 0.3) is 0 Å². The SMILES string of the molecule is Cc1cc(Nc2ncc(C)s2)nc([C@@H](C)N(C)Cc2ccccn2)n1. The molecular weight excluding hydrogens is 332 g/mol. The molecular formula is C18H22N6S. The van der Waals surface area contributed by atoms with E-state index in [-0.39, 0.29) is 6.04 Å². The molecule has 0 aliphatic heterocycles. The molecule has 0 amide bonds. The summed E-state index contributed by atoms with van der Waals surface area (Å²) in [5, 5.41) is 4.12. The van der Waals surface area contributed by atoms with Gasteiger partial charge in [-0.3, -0.25) is 9.88 Å². The van der Waals surface area contributed by atoms with Gasteiger partial charge in [-0.25, -0.2) is 15.0 Å². The van der Waals surface area contributed by atoms with E-state index in [4.69, 9.17) is 0 Å². The Morgan fingerprint density at radius 1 is 1.20 bits per heavy atom. The number of hydrogen-bond donors (Lipinski definition) is 1. The summed E-state index contributed by atoms with van der Waals surface area (Å²) >= 11 is 1.61. The summed E-state index contributed by atoms with van der Waals surface area (Å²) in [7, 11) is 2.06. The predicted molar refractivity (Wildman–Crippen MR) is 101 cm³/mol. The van der Waals surface area contributed by atoms with Gasteiger partial charge in [0.05, 0.1) is 11.7 Å². The lowest BCUT2D eigenvalue weighted by molar-refractivity contribution is 0.241. The maximum absolute atomic E-state index is 4.68. The Morgan fingerprint density at radius 2 is 2.04 bits per heavy atom. The van der Waals surface area contributed by atoms with Crippen molar-refractivity contribution in [2.45, 2.75) is 33.4 Å². The summed E-state index contributed by atoms with van der Waals surface area (Å²) in [4.78, 5) is 21.4. The molecule has 130 valence electrons. The molecule has 0 saturated heterocycles. The summed E-state index contributed by atoms with van der Waals surface area (Å²) in [6.07, 6.45) is 3.67. The number of rotatable bonds is 6. The van der Waals surface area contributed by atoms with Crippen LogP contribution in [0.1, 0.15) is 35.1 Å². The normalized spacial score (nSPS) is 12.4. The van der Waals surface area contributed by atoms with Gasteiger partial charge in [-0.2, -0.15) is 0 Å². The Labute approximate surface area is 152 Å².